The number of carbonyl (C=O) groups excluding carboxylic acids is 2. The minimum absolute atomic E-state index is 0.00512. The lowest BCUT2D eigenvalue weighted by Crippen LogP contribution is -2.72. The van der Waals surface area contributed by atoms with Gasteiger partial charge in [0, 0.05) is 0 Å². The molecule has 0 aromatic heterocycles. The van der Waals surface area contributed by atoms with Crippen molar-refractivity contribution in [3.05, 3.63) is 0 Å². The Kier molecular flexibility index (Phi) is 11.3. The van der Waals surface area contributed by atoms with Crippen LogP contribution in [0.15, 0.2) is 0 Å². The summed E-state index contributed by atoms with van der Waals surface area (Å²) in [5.74, 6) is -10.5. The van der Waals surface area contributed by atoms with Crippen molar-refractivity contribution in [1.29, 1.82) is 0 Å². The van der Waals surface area contributed by atoms with Gasteiger partial charge in [-0.3, -0.25) is 14.4 Å². The number of carboxylic acid groups (broad SMARTS) is 1. The number of alkyl halides is 2. The van der Waals surface area contributed by atoms with Gasteiger partial charge in [0.2, 0.25) is 11.8 Å². The Hall–Kier alpha value is -2.05. The molecule has 11 N–H and O–H groups in total. The maximum absolute atomic E-state index is 14.6. The molecule has 1 fully saturated rings. The van der Waals surface area contributed by atoms with E-state index in [1.54, 1.807) is 0 Å². The van der Waals surface area contributed by atoms with Gasteiger partial charge in [-0.15, -0.1) is 0 Å². The van der Waals surface area contributed by atoms with Gasteiger partial charge in [-0.05, 0) is 33.2 Å². The lowest BCUT2D eigenvalue weighted by atomic mass is 9.88. The highest BCUT2D eigenvalue weighted by Gasteiger charge is 2.65. The van der Waals surface area contributed by atoms with E-state index in [1.807, 2.05) is 0 Å². The fourth-order valence-electron chi connectivity index (χ4n) is 3.19. The summed E-state index contributed by atoms with van der Waals surface area (Å²) in [4.78, 5) is 34.7. The number of hydrogen-bond donors (Lipinski definition) is 10. The van der Waals surface area contributed by atoms with Gasteiger partial charge in [-0.2, -0.15) is 8.78 Å². The average Bonchev–Trinajstić information content (AvgIpc) is 2.79. The molecule has 2 amide bonds. The van der Waals surface area contributed by atoms with Crippen LogP contribution in [0.3, 0.4) is 0 Å². The summed E-state index contributed by atoms with van der Waals surface area (Å²) in [7, 11) is 0. The molecule has 0 spiro atoms. The number of amides is 2. The number of ether oxygens (including phenoxy) is 1. The van der Waals surface area contributed by atoms with Crippen molar-refractivity contribution in [3.63, 3.8) is 0 Å². The molecule has 0 aliphatic carbocycles. The summed E-state index contributed by atoms with van der Waals surface area (Å²) in [6.07, 6.45) is -8.34. The van der Waals surface area contributed by atoms with Crippen LogP contribution in [0, 0.1) is 0 Å². The summed E-state index contributed by atoms with van der Waals surface area (Å²) in [5, 5.41) is 64.1. The molecular weight excluding hydrogens is 482 g/mol. The van der Waals surface area contributed by atoms with Crippen LogP contribution < -0.4 is 21.7 Å². The number of carbonyl (C=O) groups is 3. The van der Waals surface area contributed by atoms with Gasteiger partial charge < -0.3 is 57.1 Å². The number of hydrogen-bond acceptors (Lipinski definition) is 11. The Balaban J connectivity index is 2.49. The van der Waals surface area contributed by atoms with Gasteiger partial charge in [-0.25, -0.2) is 0 Å². The summed E-state index contributed by atoms with van der Waals surface area (Å²) >= 11 is 0. The summed E-state index contributed by atoms with van der Waals surface area (Å²) in [6.45, 7) is 0.205. The first-order chi connectivity index (χ1) is 16.1. The van der Waals surface area contributed by atoms with Crippen LogP contribution in [0.5, 0.6) is 0 Å². The number of nitrogens with two attached hydrogens (primary N) is 1. The van der Waals surface area contributed by atoms with Crippen LogP contribution in [-0.2, 0) is 19.1 Å². The van der Waals surface area contributed by atoms with Crippen LogP contribution in [-0.4, -0.2) is 122 Å². The van der Waals surface area contributed by atoms with E-state index in [2.05, 4.69) is 20.7 Å². The second-order valence-electron chi connectivity index (χ2n) is 8.39. The monoisotopic (exact) mass is 516 g/mol. The molecule has 16 heteroatoms. The zero-order chi connectivity index (χ0) is 27.1. The molecule has 204 valence electrons. The minimum Gasteiger partial charge on any atom is -0.480 e. The average molecular weight is 516 g/mol. The Morgan fingerprint density at radius 2 is 1.66 bits per heavy atom. The van der Waals surface area contributed by atoms with Crippen molar-refractivity contribution < 1.29 is 58.5 Å². The summed E-state index contributed by atoms with van der Waals surface area (Å²) in [5.41, 5.74) is 5.72. The van der Waals surface area contributed by atoms with Crippen molar-refractivity contribution in [1.82, 2.24) is 16.0 Å². The zero-order valence-electron chi connectivity index (χ0n) is 19.2. The molecule has 1 heterocycles. The Morgan fingerprint density at radius 3 is 2.20 bits per heavy atom. The maximum Gasteiger partial charge on any atom is 0.325 e. The lowest BCUT2D eigenvalue weighted by molar-refractivity contribution is -0.409. The molecule has 0 aromatic carbocycles. The number of aliphatic carboxylic acids is 1. The highest BCUT2D eigenvalue weighted by Crippen LogP contribution is 2.39. The van der Waals surface area contributed by atoms with E-state index < -0.39 is 85.2 Å². The highest BCUT2D eigenvalue weighted by molar-refractivity contribution is 5.91. The molecule has 1 saturated heterocycles. The van der Waals surface area contributed by atoms with Crippen LogP contribution in [0.4, 0.5) is 8.78 Å². The number of carboxylic acids is 1. The standard InChI is InChI=1S/C19H34F2N4O10/c1-8(15(30)25-9(2)17(32)33)24-16(31)10(22)4-3-5-23-7-18(20,21)19(34)14(29)13(28)12(27)11(6-26)35-19/h8-14,23,26-29,34H,3-7,22H2,1-2H3,(H,24,31)(H,25,30)(H,32,33)/t8-,9-,10-,11+,12-,13-,14+,19?/m0/s1. The van der Waals surface area contributed by atoms with Crippen LogP contribution in [0.1, 0.15) is 26.7 Å². The summed E-state index contributed by atoms with van der Waals surface area (Å²) < 4.78 is 33.8. The predicted octanol–water partition coefficient (Wildman–Crippen LogP) is -4.42. The van der Waals surface area contributed by atoms with Gasteiger partial charge in [0.1, 0.15) is 36.5 Å². The first-order valence-corrected chi connectivity index (χ1v) is 10.8. The maximum atomic E-state index is 14.6. The number of rotatable bonds is 13. The van der Waals surface area contributed by atoms with Crippen molar-refractivity contribution >= 4 is 17.8 Å². The van der Waals surface area contributed by atoms with E-state index in [0.717, 1.165) is 0 Å². The van der Waals surface area contributed by atoms with Crippen LogP contribution in [0.25, 0.3) is 0 Å². The smallest absolute Gasteiger partial charge is 0.325 e. The normalized spacial score (nSPS) is 29.7. The predicted molar refractivity (Wildman–Crippen MR) is 113 cm³/mol. The largest absolute Gasteiger partial charge is 0.480 e. The molecule has 1 aliphatic heterocycles. The molecule has 1 unspecified atom stereocenters. The Labute approximate surface area is 199 Å². The molecule has 1 rings (SSSR count). The second-order valence-corrected chi connectivity index (χ2v) is 8.39. The topological polar surface area (TPSA) is 244 Å². The molecule has 0 aromatic rings. The molecule has 1 aliphatic rings. The SMILES string of the molecule is C[C@H](NC(=O)[C@H](C)NC(=O)[C@@H](N)CCCNCC(F)(F)C1(O)O[C@H](CO)[C@H](O)[C@H](O)[C@H]1O)C(=O)O. The Morgan fingerprint density at radius 1 is 1.09 bits per heavy atom. The first-order valence-electron chi connectivity index (χ1n) is 10.8. The van der Waals surface area contributed by atoms with Crippen molar-refractivity contribution in [3.8, 4) is 0 Å². The van der Waals surface area contributed by atoms with Crippen LogP contribution >= 0.6 is 0 Å². The molecule has 0 saturated carbocycles. The van der Waals surface area contributed by atoms with Gasteiger partial charge in [-0.1, -0.05) is 0 Å². The third kappa shape index (κ3) is 7.71. The van der Waals surface area contributed by atoms with Crippen molar-refractivity contribution in [2.75, 3.05) is 19.7 Å². The molecular formula is C19H34F2N4O10. The second kappa shape index (κ2) is 12.8. The number of nitrogens with one attached hydrogen (secondary N) is 3. The molecule has 0 radical (unpaired) electrons. The molecule has 35 heavy (non-hydrogen) atoms. The quantitative estimate of drug-likeness (QED) is 0.104. The van der Waals surface area contributed by atoms with E-state index in [4.69, 9.17) is 15.9 Å². The Bertz CT molecular complexity index is 746. The molecule has 0 bridgehead atoms. The first kappa shape index (κ1) is 31.0. The van der Waals surface area contributed by atoms with E-state index in [9.17, 15) is 43.6 Å². The minimum atomic E-state index is -4.17. The van der Waals surface area contributed by atoms with Gasteiger partial charge in [0.15, 0.2) is 0 Å². The molecule has 8 atom stereocenters. The van der Waals surface area contributed by atoms with E-state index in [1.165, 1.54) is 13.8 Å². The lowest BCUT2D eigenvalue weighted by Gasteiger charge is -2.48. The van der Waals surface area contributed by atoms with Crippen molar-refractivity contribution in [2.24, 2.45) is 5.73 Å². The highest BCUT2D eigenvalue weighted by atomic mass is 19.3. The van der Waals surface area contributed by atoms with E-state index in [-0.39, 0.29) is 19.4 Å². The van der Waals surface area contributed by atoms with Gasteiger partial charge in [0.25, 0.3) is 5.79 Å². The third-order valence-corrected chi connectivity index (χ3v) is 5.52. The van der Waals surface area contributed by atoms with Crippen molar-refractivity contribution in [2.45, 2.75) is 80.9 Å². The number of halogens is 2. The van der Waals surface area contributed by atoms with E-state index >= 15 is 0 Å². The molecule has 14 nitrogen and oxygen atoms in total. The van der Waals surface area contributed by atoms with Gasteiger partial charge >= 0.3 is 11.9 Å². The fourth-order valence-corrected chi connectivity index (χ4v) is 3.19. The van der Waals surface area contributed by atoms with Gasteiger partial charge in [0.05, 0.1) is 19.2 Å². The number of aliphatic hydroxyl groups is 5. The summed E-state index contributed by atoms with van der Waals surface area (Å²) in [6, 6.07) is -3.36. The van der Waals surface area contributed by atoms with Crippen LogP contribution in [0.2, 0.25) is 0 Å². The third-order valence-electron chi connectivity index (χ3n) is 5.52. The van der Waals surface area contributed by atoms with E-state index in [0.29, 0.717) is 0 Å². The zero-order valence-corrected chi connectivity index (χ0v) is 19.2. The fraction of sp³-hybridized carbons (Fsp3) is 0.842. The number of aliphatic hydroxyl groups excluding tert-OH is 4.